The van der Waals surface area contributed by atoms with Crippen molar-refractivity contribution >= 4 is 6.29 Å². The van der Waals surface area contributed by atoms with E-state index in [-0.39, 0.29) is 6.29 Å². The Morgan fingerprint density at radius 1 is 1.33 bits per heavy atom. The maximum atomic E-state index is 9.95. The Morgan fingerprint density at radius 3 is 2.17 bits per heavy atom. The second kappa shape index (κ2) is 5.18. The third kappa shape index (κ3) is 2.84. The molecule has 72 valence electrons. The highest BCUT2D eigenvalue weighted by Crippen LogP contribution is 2.00. The molecule has 0 radical (unpaired) electrons. The molecule has 0 aliphatic carbocycles. The van der Waals surface area contributed by atoms with Crippen molar-refractivity contribution in [1.82, 2.24) is 0 Å². The summed E-state index contributed by atoms with van der Waals surface area (Å²) in [6.45, 7) is -0.635. The fourth-order valence-corrected chi connectivity index (χ4v) is 0.658. The van der Waals surface area contributed by atoms with Crippen LogP contribution in [0.15, 0.2) is 0 Å². The van der Waals surface area contributed by atoms with Gasteiger partial charge in [-0.15, -0.1) is 0 Å². The van der Waals surface area contributed by atoms with Crippen molar-refractivity contribution in [2.75, 3.05) is 6.61 Å². The van der Waals surface area contributed by atoms with Gasteiger partial charge in [-0.3, -0.25) is 0 Å². The van der Waals surface area contributed by atoms with Gasteiger partial charge in [0.05, 0.1) is 18.8 Å². The summed E-state index contributed by atoms with van der Waals surface area (Å²) in [4.78, 5) is 9.95. The SMILES string of the molecule is N[C@@H]([C@H](O)[C@@H](O)C=O)[C@H](O)CO. The number of rotatable bonds is 5. The van der Waals surface area contributed by atoms with E-state index >= 15 is 0 Å². The molecule has 0 aromatic carbocycles. The summed E-state index contributed by atoms with van der Waals surface area (Å²) >= 11 is 0. The minimum absolute atomic E-state index is 0.106. The van der Waals surface area contributed by atoms with E-state index in [0.29, 0.717) is 0 Å². The molecule has 0 saturated heterocycles. The predicted octanol–water partition coefficient (Wildman–Crippen LogP) is -3.41. The minimum atomic E-state index is -1.64. The first-order valence-corrected chi connectivity index (χ1v) is 3.40. The number of hydrogen-bond donors (Lipinski definition) is 5. The van der Waals surface area contributed by atoms with Gasteiger partial charge >= 0.3 is 0 Å². The summed E-state index contributed by atoms with van der Waals surface area (Å²) < 4.78 is 0. The zero-order chi connectivity index (χ0) is 9.72. The standard InChI is InChI=1S/C6H13NO5/c7-5(3(10)1-8)6(12)4(11)2-9/h2-6,8,10-12H,1,7H2/t3-,4+,5-,6-/m1/s1. The normalized spacial score (nSPS) is 21.1. The molecule has 0 heterocycles. The van der Waals surface area contributed by atoms with Gasteiger partial charge < -0.3 is 31.0 Å². The number of aldehydes is 1. The van der Waals surface area contributed by atoms with Gasteiger partial charge in [-0.1, -0.05) is 0 Å². The molecule has 0 amide bonds. The van der Waals surface area contributed by atoms with Crippen LogP contribution >= 0.6 is 0 Å². The summed E-state index contributed by atoms with van der Waals surface area (Å²) in [6.07, 6.45) is -4.45. The van der Waals surface area contributed by atoms with Gasteiger partial charge in [0.2, 0.25) is 0 Å². The molecule has 4 atom stereocenters. The number of aliphatic hydroxyl groups excluding tert-OH is 4. The van der Waals surface area contributed by atoms with Crippen LogP contribution in [-0.4, -0.2) is 57.7 Å². The predicted molar refractivity (Wildman–Crippen MR) is 39.1 cm³/mol. The van der Waals surface area contributed by atoms with Crippen molar-refractivity contribution in [3.63, 3.8) is 0 Å². The zero-order valence-electron chi connectivity index (χ0n) is 6.37. The third-order valence-corrected chi connectivity index (χ3v) is 1.52. The highest BCUT2D eigenvalue weighted by atomic mass is 16.3. The molecule has 0 aromatic heterocycles. The van der Waals surface area contributed by atoms with Gasteiger partial charge in [0, 0.05) is 0 Å². The van der Waals surface area contributed by atoms with Crippen LogP contribution in [0.3, 0.4) is 0 Å². The van der Waals surface area contributed by atoms with E-state index in [4.69, 9.17) is 26.2 Å². The topological polar surface area (TPSA) is 124 Å². The summed E-state index contributed by atoms with van der Waals surface area (Å²) in [7, 11) is 0. The van der Waals surface area contributed by atoms with Crippen molar-refractivity contribution in [2.24, 2.45) is 5.73 Å². The number of carbonyl (C=O) groups excluding carboxylic acids is 1. The van der Waals surface area contributed by atoms with Gasteiger partial charge in [0.15, 0.2) is 6.29 Å². The van der Waals surface area contributed by atoms with Crippen LogP contribution < -0.4 is 5.73 Å². The fourth-order valence-electron chi connectivity index (χ4n) is 0.658. The van der Waals surface area contributed by atoms with Crippen molar-refractivity contribution in [3.05, 3.63) is 0 Å². The Hall–Kier alpha value is -0.530. The molecule has 0 aliphatic heterocycles. The van der Waals surface area contributed by atoms with E-state index in [1.165, 1.54) is 0 Å². The van der Waals surface area contributed by atoms with E-state index in [9.17, 15) is 4.79 Å². The summed E-state index contributed by atoms with van der Waals surface area (Å²) in [5.41, 5.74) is 5.17. The first-order valence-electron chi connectivity index (χ1n) is 3.40. The van der Waals surface area contributed by atoms with Crippen molar-refractivity contribution < 1.29 is 25.2 Å². The average molecular weight is 179 g/mol. The molecule has 0 fully saturated rings. The van der Waals surface area contributed by atoms with Gasteiger partial charge in [-0.2, -0.15) is 0 Å². The molecule has 6 heteroatoms. The Labute approximate surface area is 69.2 Å². The second-order valence-electron chi connectivity index (χ2n) is 2.44. The molecular formula is C6H13NO5. The molecule has 12 heavy (non-hydrogen) atoms. The minimum Gasteiger partial charge on any atom is -0.394 e. The van der Waals surface area contributed by atoms with E-state index < -0.39 is 31.0 Å². The smallest absolute Gasteiger partial charge is 0.151 e. The molecule has 0 unspecified atom stereocenters. The Morgan fingerprint density at radius 2 is 1.83 bits per heavy atom. The molecule has 0 rings (SSSR count). The lowest BCUT2D eigenvalue weighted by Gasteiger charge is -2.23. The van der Waals surface area contributed by atoms with Gasteiger partial charge in [-0.25, -0.2) is 0 Å². The number of nitrogens with two attached hydrogens (primary N) is 1. The lowest BCUT2D eigenvalue weighted by molar-refractivity contribution is -0.122. The van der Waals surface area contributed by atoms with Crippen molar-refractivity contribution in [1.29, 1.82) is 0 Å². The zero-order valence-corrected chi connectivity index (χ0v) is 6.37. The van der Waals surface area contributed by atoms with Crippen LogP contribution in [-0.2, 0) is 4.79 Å². The van der Waals surface area contributed by atoms with Crippen LogP contribution in [0.25, 0.3) is 0 Å². The highest BCUT2D eigenvalue weighted by molar-refractivity contribution is 5.56. The van der Waals surface area contributed by atoms with Crippen LogP contribution in [0.4, 0.5) is 0 Å². The fraction of sp³-hybridized carbons (Fsp3) is 0.833. The molecule has 0 saturated carbocycles. The highest BCUT2D eigenvalue weighted by Gasteiger charge is 2.27. The largest absolute Gasteiger partial charge is 0.394 e. The maximum absolute atomic E-state index is 9.95. The Kier molecular flexibility index (Phi) is 4.95. The number of hydrogen-bond acceptors (Lipinski definition) is 6. The monoisotopic (exact) mass is 179 g/mol. The first kappa shape index (κ1) is 11.5. The lowest BCUT2D eigenvalue weighted by atomic mass is 10.0. The van der Waals surface area contributed by atoms with Crippen LogP contribution in [0.2, 0.25) is 0 Å². The maximum Gasteiger partial charge on any atom is 0.151 e. The van der Waals surface area contributed by atoms with Crippen molar-refractivity contribution in [3.8, 4) is 0 Å². The Bertz CT molecular complexity index is 142. The number of carbonyl (C=O) groups is 1. The van der Waals surface area contributed by atoms with E-state index in [2.05, 4.69) is 0 Å². The third-order valence-electron chi connectivity index (χ3n) is 1.52. The van der Waals surface area contributed by atoms with Crippen LogP contribution in [0.1, 0.15) is 0 Å². The van der Waals surface area contributed by atoms with Gasteiger partial charge in [0.1, 0.15) is 12.2 Å². The van der Waals surface area contributed by atoms with Crippen LogP contribution in [0, 0.1) is 0 Å². The summed E-state index contributed by atoms with van der Waals surface area (Å²) in [6, 6.07) is -1.24. The second-order valence-corrected chi connectivity index (χ2v) is 2.44. The molecule has 0 aromatic rings. The molecular weight excluding hydrogens is 166 g/mol. The summed E-state index contributed by atoms with van der Waals surface area (Å²) in [5, 5.41) is 35.0. The van der Waals surface area contributed by atoms with E-state index in [1.807, 2.05) is 0 Å². The Balaban J connectivity index is 4.07. The molecule has 0 spiro atoms. The number of aliphatic hydroxyl groups is 4. The lowest BCUT2D eigenvalue weighted by Crippen LogP contribution is -2.51. The molecule has 0 aliphatic rings. The van der Waals surface area contributed by atoms with Gasteiger partial charge in [0.25, 0.3) is 0 Å². The van der Waals surface area contributed by atoms with E-state index in [1.54, 1.807) is 0 Å². The summed E-state index contributed by atoms with van der Waals surface area (Å²) in [5.74, 6) is 0. The molecule has 6 nitrogen and oxygen atoms in total. The molecule has 0 bridgehead atoms. The van der Waals surface area contributed by atoms with Crippen LogP contribution in [0.5, 0.6) is 0 Å². The van der Waals surface area contributed by atoms with Gasteiger partial charge in [-0.05, 0) is 0 Å². The molecule has 6 N–H and O–H groups in total. The average Bonchev–Trinajstić information content (AvgIpc) is 2.12. The first-order chi connectivity index (χ1) is 5.54. The quantitative estimate of drug-likeness (QED) is 0.280. The van der Waals surface area contributed by atoms with Crippen molar-refractivity contribution in [2.45, 2.75) is 24.4 Å². The van der Waals surface area contributed by atoms with E-state index in [0.717, 1.165) is 0 Å².